The first-order valence-electron chi connectivity index (χ1n) is 8.68. The van der Waals surface area contributed by atoms with Crippen LogP contribution in [0.5, 0.6) is 0 Å². The third-order valence-corrected chi connectivity index (χ3v) is 5.32. The molecule has 8 heteroatoms. The summed E-state index contributed by atoms with van der Waals surface area (Å²) in [6.45, 7) is 4.44. The fraction of sp³-hybridized carbons (Fsp3) is 0.688. The van der Waals surface area contributed by atoms with Gasteiger partial charge in [-0.05, 0) is 43.0 Å². The van der Waals surface area contributed by atoms with Crippen molar-refractivity contribution in [3.63, 3.8) is 0 Å². The number of carbonyl (C=O) groups excluding carboxylic acids is 1. The summed E-state index contributed by atoms with van der Waals surface area (Å²) < 4.78 is 3.95. The number of hydrogen-bond donors (Lipinski definition) is 1. The number of hydrogen-bond acceptors (Lipinski definition) is 5. The summed E-state index contributed by atoms with van der Waals surface area (Å²) in [5.41, 5.74) is 0.178. The molecule has 0 radical (unpaired) electrons. The number of carbonyl (C=O) groups is 1. The van der Waals surface area contributed by atoms with Crippen molar-refractivity contribution >= 4 is 5.91 Å². The van der Waals surface area contributed by atoms with Crippen molar-refractivity contribution < 1.29 is 4.79 Å². The summed E-state index contributed by atoms with van der Waals surface area (Å²) in [5.74, 6) is 1.56. The fourth-order valence-electron chi connectivity index (χ4n) is 3.51. The van der Waals surface area contributed by atoms with Gasteiger partial charge in [-0.15, -0.1) is 5.10 Å². The molecule has 3 heterocycles. The number of nitrogens with zero attached hydrogens (tertiary/aromatic N) is 6. The lowest BCUT2D eigenvalue weighted by molar-refractivity contribution is -0.123. The molecule has 1 aliphatic heterocycles. The standard InChI is InChI=1S/C16H23N7O/c1-12-17-7-9-22(12)11-16(5-6-16)10-18-15(24)13-4-2-3-8-23-14(13)19-20-21-23/h7,9,13H,2-6,8,10-11H2,1H3,(H,18,24). The van der Waals surface area contributed by atoms with E-state index in [2.05, 4.69) is 30.4 Å². The molecule has 1 N–H and O–H groups in total. The van der Waals surface area contributed by atoms with E-state index in [1.165, 1.54) is 0 Å². The third kappa shape index (κ3) is 2.92. The topological polar surface area (TPSA) is 90.5 Å². The largest absolute Gasteiger partial charge is 0.355 e. The first kappa shape index (κ1) is 15.3. The van der Waals surface area contributed by atoms with Crippen LogP contribution in [0.1, 0.15) is 49.7 Å². The number of amides is 1. The molecule has 24 heavy (non-hydrogen) atoms. The normalized spacial score (nSPS) is 21.8. The molecule has 0 bridgehead atoms. The molecule has 2 aromatic heterocycles. The highest BCUT2D eigenvalue weighted by atomic mass is 16.2. The number of nitrogens with one attached hydrogen (secondary N) is 1. The first-order chi connectivity index (χ1) is 11.7. The summed E-state index contributed by atoms with van der Waals surface area (Å²) >= 11 is 0. The minimum absolute atomic E-state index is 0.0570. The first-order valence-corrected chi connectivity index (χ1v) is 8.68. The molecule has 2 aliphatic rings. The van der Waals surface area contributed by atoms with Gasteiger partial charge in [0.15, 0.2) is 5.82 Å². The van der Waals surface area contributed by atoms with E-state index in [-0.39, 0.29) is 17.2 Å². The van der Waals surface area contributed by atoms with Gasteiger partial charge in [-0.3, -0.25) is 4.79 Å². The van der Waals surface area contributed by atoms with Crippen molar-refractivity contribution in [3.8, 4) is 0 Å². The van der Waals surface area contributed by atoms with E-state index in [0.717, 1.165) is 51.0 Å². The second kappa shape index (κ2) is 5.99. The molecule has 0 aromatic carbocycles. The lowest BCUT2D eigenvalue weighted by atomic mass is 10.0. The molecule has 1 saturated carbocycles. The molecule has 1 amide bonds. The fourth-order valence-corrected chi connectivity index (χ4v) is 3.51. The van der Waals surface area contributed by atoms with E-state index in [9.17, 15) is 4.79 Å². The summed E-state index contributed by atoms with van der Waals surface area (Å²) in [5, 5.41) is 15.0. The van der Waals surface area contributed by atoms with Crippen LogP contribution in [0, 0.1) is 12.3 Å². The van der Waals surface area contributed by atoms with E-state index >= 15 is 0 Å². The second-order valence-electron chi connectivity index (χ2n) is 7.13. The zero-order valence-electron chi connectivity index (χ0n) is 14.0. The van der Waals surface area contributed by atoms with Crippen LogP contribution in [0.2, 0.25) is 0 Å². The SMILES string of the molecule is Cc1nccn1CC1(CNC(=O)C2CCCCn3nnnc32)CC1. The molecule has 8 nitrogen and oxygen atoms in total. The van der Waals surface area contributed by atoms with Gasteiger partial charge in [0.1, 0.15) is 5.82 Å². The van der Waals surface area contributed by atoms with Crippen LogP contribution in [0.15, 0.2) is 12.4 Å². The van der Waals surface area contributed by atoms with Gasteiger partial charge in [-0.1, -0.05) is 6.42 Å². The molecule has 0 saturated heterocycles. The maximum Gasteiger partial charge on any atom is 0.230 e. The smallest absolute Gasteiger partial charge is 0.230 e. The zero-order chi connectivity index (χ0) is 16.6. The van der Waals surface area contributed by atoms with Gasteiger partial charge in [0, 0.05) is 37.4 Å². The second-order valence-corrected chi connectivity index (χ2v) is 7.13. The van der Waals surface area contributed by atoms with Crippen LogP contribution in [0.3, 0.4) is 0 Å². The molecule has 2 aromatic rings. The molecule has 1 aliphatic carbocycles. The average Bonchev–Trinajstić information content (AvgIpc) is 3.09. The molecular formula is C16H23N7O. The van der Waals surface area contributed by atoms with Crippen LogP contribution >= 0.6 is 0 Å². The minimum Gasteiger partial charge on any atom is -0.355 e. The Kier molecular flexibility index (Phi) is 3.82. The maximum atomic E-state index is 12.7. The zero-order valence-corrected chi connectivity index (χ0v) is 14.0. The Morgan fingerprint density at radius 1 is 1.42 bits per heavy atom. The molecule has 128 valence electrons. The Labute approximate surface area is 140 Å². The van der Waals surface area contributed by atoms with Crippen molar-refractivity contribution in [1.82, 2.24) is 35.1 Å². The van der Waals surface area contributed by atoms with Crippen LogP contribution in [0.4, 0.5) is 0 Å². The molecule has 1 unspecified atom stereocenters. The Balaban J connectivity index is 1.39. The summed E-state index contributed by atoms with van der Waals surface area (Å²) in [6, 6.07) is 0. The number of fused-ring (bicyclic) bond motifs is 1. The van der Waals surface area contributed by atoms with Gasteiger partial charge >= 0.3 is 0 Å². The lowest BCUT2D eigenvalue weighted by Gasteiger charge is -2.20. The molecule has 0 spiro atoms. The lowest BCUT2D eigenvalue weighted by Crippen LogP contribution is -2.36. The Morgan fingerprint density at radius 3 is 3.04 bits per heavy atom. The van der Waals surface area contributed by atoms with Crippen LogP contribution in [-0.2, 0) is 17.9 Å². The summed E-state index contributed by atoms with van der Waals surface area (Å²) in [4.78, 5) is 17.0. The predicted molar refractivity (Wildman–Crippen MR) is 86.0 cm³/mol. The molecule has 1 fully saturated rings. The summed E-state index contributed by atoms with van der Waals surface area (Å²) in [6.07, 6.45) is 8.99. The van der Waals surface area contributed by atoms with Gasteiger partial charge in [0.2, 0.25) is 5.91 Å². The van der Waals surface area contributed by atoms with Crippen molar-refractivity contribution in [2.45, 2.75) is 58.0 Å². The number of aryl methyl sites for hydroxylation is 2. The number of imidazole rings is 1. The number of tetrazole rings is 1. The average molecular weight is 329 g/mol. The maximum absolute atomic E-state index is 12.7. The molecule has 1 atom stereocenters. The Hall–Kier alpha value is -2.25. The Morgan fingerprint density at radius 2 is 2.29 bits per heavy atom. The minimum atomic E-state index is -0.228. The van der Waals surface area contributed by atoms with E-state index in [1.807, 2.05) is 19.3 Å². The van der Waals surface area contributed by atoms with Crippen LogP contribution < -0.4 is 5.32 Å². The van der Waals surface area contributed by atoms with E-state index < -0.39 is 0 Å². The quantitative estimate of drug-likeness (QED) is 0.885. The van der Waals surface area contributed by atoms with Crippen molar-refractivity contribution in [2.75, 3.05) is 6.54 Å². The predicted octanol–water partition coefficient (Wildman–Crippen LogP) is 1.04. The van der Waals surface area contributed by atoms with Crippen molar-refractivity contribution in [3.05, 3.63) is 24.0 Å². The number of aromatic nitrogens is 6. The van der Waals surface area contributed by atoms with Gasteiger partial charge in [0.25, 0.3) is 0 Å². The van der Waals surface area contributed by atoms with Crippen molar-refractivity contribution in [2.24, 2.45) is 5.41 Å². The van der Waals surface area contributed by atoms with E-state index in [1.54, 1.807) is 4.68 Å². The van der Waals surface area contributed by atoms with Gasteiger partial charge in [-0.2, -0.15) is 0 Å². The number of rotatable bonds is 5. The van der Waals surface area contributed by atoms with Gasteiger partial charge < -0.3 is 9.88 Å². The van der Waals surface area contributed by atoms with Gasteiger partial charge in [-0.25, -0.2) is 9.67 Å². The monoisotopic (exact) mass is 329 g/mol. The third-order valence-electron chi connectivity index (χ3n) is 5.32. The van der Waals surface area contributed by atoms with E-state index in [4.69, 9.17) is 0 Å². The summed E-state index contributed by atoms with van der Waals surface area (Å²) in [7, 11) is 0. The highest BCUT2D eigenvalue weighted by molar-refractivity contribution is 5.82. The van der Waals surface area contributed by atoms with Gasteiger partial charge in [0.05, 0.1) is 5.92 Å². The highest BCUT2D eigenvalue weighted by Gasteiger charge is 2.43. The van der Waals surface area contributed by atoms with Crippen LogP contribution in [0.25, 0.3) is 0 Å². The van der Waals surface area contributed by atoms with Crippen LogP contribution in [-0.4, -0.2) is 42.2 Å². The highest BCUT2D eigenvalue weighted by Crippen LogP contribution is 2.46. The Bertz CT molecular complexity index is 730. The molecular weight excluding hydrogens is 306 g/mol. The van der Waals surface area contributed by atoms with Crippen molar-refractivity contribution in [1.29, 1.82) is 0 Å². The molecule has 4 rings (SSSR count). The van der Waals surface area contributed by atoms with E-state index in [0.29, 0.717) is 12.4 Å².